The third-order valence-corrected chi connectivity index (χ3v) is 6.77. The molecule has 0 aromatic heterocycles. The van der Waals surface area contributed by atoms with Gasteiger partial charge in [0.15, 0.2) is 5.78 Å². The number of ketones is 1. The summed E-state index contributed by atoms with van der Waals surface area (Å²) >= 11 is 0. The van der Waals surface area contributed by atoms with Gasteiger partial charge in [-0.3, -0.25) is 9.59 Å². The Hall–Kier alpha value is -2.26. The smallest absolute Gasteiger partial charge is 0.330 e. The van der Waals surface area contributed by atoms with Crippen molar-refractivity contribution < 1.29 is 27.5 Å². The van der Waals surface area contributed by atoms with Crippen LogP contribution in [0.25, 0.3) is 0 Å². The minimum absolute atomic E-state index is 0.118. The number of amides is 1. The number of hydrogen-bond acceptors (Lipinski definition) is 6. The summed E-state index contributed by atoms with van der Waals surface area (Å²) in [4.78, 5) is 35.6. The van der Waals surface area contributed by atoms with Crippen LogP contribution < -0.4 is 5.32 Å². The van der Waals surface area contributed by atoms with Gasteiger partial charge in [0.1, 0.15) is 5.54 Å². The van der Waals surface area contributed by atoms with Crippen LogP contribution in [0.3, 0.4) is 0 Å². The van der Waals surface area contributed by atoms with Crippen molar-refractivity contribution in [1.29, 1.82) is 0 Å². The number of hydrogen-bond donors (Lipinski definition) is 1. The van der Waals surface area contributed by atoms with Crippen molar-refractivity contribution in [2.24, 2.45) is 5.92 Å². The average molecular weight is 410 g/mol. The maximum absolute atomic E-state index is 12.8. The van der Waals surface area contributed by atoms with Crippen LogP contribution in [0.15, 0.2) is 29.2 Å². The first kappa shape index (κ1) is 22.0. The molecular weight excluding hydrogens is 384 g/mol. The Bertz CT molecular complexity index is 853. The number of rotatable bonds is 6. The summed E-state index contributed by atoms with van der Waals surface area (Å²) < 4.78 is 31.6. The van der Waals surface area contributed by atoms with Crippen molar-refractivity contribution in [3.63, 3.8) is 0 Å². The molecule has 2 rings (SSSR count). The fraction of sp³-hybridized carbons (Fsp3) is 0.526. The summed E-state index contributed by atoms with van der Waals surface area (Å²) in [5, 5.41) is 2.67. The van der Waals surface area contributed by atoms with Crippen LogP contribution in [0.2, 0.25) is 0 Å². The Morgan fingerprint density at radius 3 is 2.11 bits per heavy atom. The number of nitrogens with one attached hydrogen (secondary N) is 1. The number of sulfonamides is 1. The third kappa shape index (κ3) is 4.77. The number of nitrogens with zero attached hydrogens (tertiary/aromatic N) is 1. The van der Waals surface area contributed by atoms with Gasteiger partial charge in [-0.2, -0.15) is 4.31 Å². The van der Waals surface area contributed by atoms with Crippen molar-refractivity contribution in [3.8, 4) is 0 Å². The van der Waals surface area contributed by atoms with E-state index in [4.69, 9.17) is 0 Å². The summed E-state index contributed by atoms with van der Waals surface area (Å²) in [7, 11) is -2.44. The van der Waals surface area contributed by atoms with E-state index >= 15 is 0 Å². The van der Waals surface area contributed by atoms with Crippen LogP contribution in [0.4, 0.5) is 0 Å². The molecule has 1 fully saturated rings. The van der Waals surface area contributed by atoms with E-state index in [2.05, 4.69) is 10.1 Å². The fourth-order valence-electron chi connectivity index (χ4n) is 3.09. The highest BCUT2D eigenvalue weighted by Crippen LogP contribution is 2.25. The van der Waals surface area contributed by atoms with Gasteiger partial charge in [-0.05, 0) is 45.7 Å². The number of esters is 1. The minimum Gasteiger partial charge on any atom is -0.467 e. The lowest BCUT2D eigenvalue weighted by atomic mass is 9.95. The molecule has 28 heavy (non-hydrogen) atoms. The number of benzene rings is 1. The number of carbonyl (C=O) groups excluding carboxylic acids is 3. The van der Waals surface area contributed by atoms with E-state index in [-0.39, 0.29) is 35.6 Å². The highest BCUT2D eigenvalue weighted by molar-refractivity contribution is 7.89. The molecule has 0 bridgehead atoms. The molecule has 154 valence electrons. The van der Waals surface area contributed by atoms with Crippen molar-refractivity contribution in [2.75, 3.05) is 20.2 Å². The predicted molar refractivity (Wildman–Crippen MR) is 102 cm³/mol. The molecule has 0 aliphatic carbocycles. The zero-order chi connectivity index (χ0) is 21.1. The maximum Gasteiger partial charge on any atom is 0.330 e. The highest BCUT2D eigenvalue weighted by atomic mass is 32.2. The summed E-state index contributed by atoms with van der Waals surface area (Å²) in [6, 6.07) is 5.82. The van der Waals surface area contributed by atoms with E-state index in [1.54, 1.807) is 13.8 Å². The van der Waals surface area contributed by atoms with Crippen molar-refractivity contribution in [1.82, 2.24) is 9.62 Å². The first-order chi connectivity index (χ1) is 13.0. The second-order valence-corrected chi connectivity index (χ2v) is 9.30. The summed E-state index contributed by atoms with van der Waals surface area (Å²) in [5.74, 6) is -1.35. The first-order valence-corrected chi connectivity index (χ1v) is 10.4. The van der Waals surface area contributed by atoms with E-state index in [1.165, 1.54) is 42.6 Å². The van der Waals surface area contributed by atoms with E-state index in [9.17, 15) is 22.8 Å². The lowest BCUT2D eigenvalue weighted by molar-refractivity contribution is -0.150. The van der Waals surface area contributed by atoms with E-state index in [0.717, 1.165) is 0 Å². The molecule has 0 radical (unpaired) electrons. The SMILES string of the molecule is COC(=O)C(C)(C)NC(=O)C1CCN(S(=O)(=O)c2ccc(C(C)=O)cc2)CC1. The number of methoxy groups -OCH3 is 1. The van der Waals surface area contributed by atoms with Gasteiger partial charge in [-0.15, -0.1) is 0 Å². The van der Waals surface area contributed by atoms with E-state index in [1.807, 2.05) is 0 Å². The lowest BCUT2D eigenvalue weighted by Gasteiger charge is -2.32. The molecule has 0 spiro atoms. The monoisotopic (exact) mass is 410 g/mol. The Labute approximate surface area is 165 Å². The van der Waals surface area contributed by atoms with Gasteiger partial charge in [-0.1, -0.05) is 12.1 Å². The minimum atomic E-state index is -3.69. The number of carbonyl (C=O) groups is 3. The Kier molecular flexibility index (Phi) is 6.61. The van der Waals surface area contributed by atoms with Crippen LogP contribution in [0, 0.1) is 5.92 Å². The summed E-state index contributed by atoms with van der Waals surface area (Å²) in [5.41, 5.74) is -0.699. The Morgan fingerprint density at radius 1 is 1.11 bits per heavy atom. The van der Waals surface area contributed by atoms with Gasteiger partial charge < -0.3 is 10.1 Å². The molecule has 1 aromatic carbocycles. The van der Waals surface area contributed by atoms with Gasteiger partial charge in [0.05, 0.1) is 12.0 Å². The second-order valence-electron chi connectivity index (χ2n) is 7.36. The Morgan fingerprint density at radius 2 is 1.64 bits per heavy atom. The molecular formula is C19H26N2O6S. The quantitative estimate of drug-likeness (QED) is 0.560. The van der Waals surface area contributed by atoms with E-state index < -0.39 is 21.5 Å². The average Bonchev–Trinajstić information content (AvgIpc) is 2.67. The third-order valence-electron chi connectivity index (χ3n) is 4.85. The molecule has 1 heterocycles. The largest absolute Gasteiger partial charge is 0.467 e. The lowest BCUT2D eigenvalue weighted by Crippen LogP contribution is -2.53. The molecule has 1 aliphatic heterocycles. The normalized spacial score (nSPS) is 16.4. The zero-order valence-electron chi connectivity index (χ0n) is 16.5. The van der Waals surface area contributed by atoms with Gasteiger partial charge >= 0.3 is 5.97 Å². The standard InChI is InChI=1S/C19H26N2O6S/c1-13(22)14-5-7-16(8-6-14)28(25,26)21-11-9-15(10-12-21)17(23)20-19(2,3)18(24)27-4/h5-8,15H,9-12H2,1-4H3,(H,20,23). The molecule has 1 N–H and O–H groups in total. The van der Waals surface area contributed by atoms with Crippen molar-refractivity contribution >= 4 is 27.7 Å². The van der Waals surface area contributed by atoms with E-state index in [0.29, 0.717) is 18.4 Å². The molecule has 8 nitrogen and oxygen atoms in total. The van der Waals surface area contributed by atoms with Crippen LogP contribution in [-0.4, -0.2) is 56.1 Å². The number of Topliss-reactive ketones (excluding diaryl/α,β-unsaturated/α-hetero) is 1. The molecule has 0 saturated carbocycles. The van der Waals surface area contributed by atoms with Gasteiger partial charge in [-0.25, -0.2) is 13.2 Å². The molecule has 9 heteroatoms. The highest BCUT2D eigenvalue weighted by Gasteiger charge is 2.36. The second kappa shape index (κ2) is 8.40. The molecule has 0 atom stereocenters. The van der Waals surface area contributed by atoms with Crippen molar-refractivity contribution in [3.05, 3.63) is 29.8 Å². The number of piperidine rings is 1. The van der Waals surface area contributed by atoms with Crippen LogP contribution >= 0.6 is 0 Å². The molecule has 1 aliphatic rings. The maximum atomic E-state index is 12.8. The van der Waals surface area contributed by atoms with Crippen LogP contribution in [-0.2, 0) is 24.3 Å². The summed E-state index contributed by atoms with van der Waals surface area (Å²) in [6.07, 6.45) is 0.710. The van der Waals surface area contributed by atoms with Crippen LogP contribution in [0.1, 0.15) is 44.0 Å². The first-order valence-electron chi connectivity index (χ1n) is 9.00. The van der Waals surface area contributed by atoms with Gasteiger partial charge in [0, 0.05) is 24.6 Å². The number of ether oxygens (including phenoxy) is 1. The zero-order valence-corrected chi connectivity index (χ0v) is 17.3. The molecule has 1 saturated heterocycles. The topological polar surface area (TPSA) is 110 Å². The fourth-order valence-corrected chi connectivity index (χ4v) is 4.55. The van der Waals surface area contributed by atoms with Crippen molar-refractivity contribution in [2.45, 2.75) is 44.0 Å². The summed E-state index contributed by atoms with van der Waals surface area (Å²) in [6.45, 7) is 4.93. The molecule has 0 unspecified atom stereocenters. The molecule has 1 aromatic rings. The molecule has 1 amide bonds. The van der Waals surface area contributed by atoms with Crippen LogP contribution in [0.5, 0.6) is 0 Å². The predicted octanol–water partition coefficient (Wildman–Crippen LogP) is 1.36. The van der Waals surface area contributed by atoms with Gasteiger partial charge in [0.2, 0.25) is 15.9 Å². The van der Waals surface area contributed by atoms with Gasteiger partial charge in [0.25, 0.3) is 0 Å². The Balaban J connectivity index is 2.01.